The SMILES string of the molecule is CCCOc1ccc(CC(NC(=O)OC(C)(C)C)C(=O)O)c(C)c1. The minimum absolute atomic E-state index is 0.175. The number of alkyl carbamates (subject to hydrolysis) is 1. The number of rotatable bonds is 7. The molecule has 1 atom stereocenters. The second-order valence-corrected chi connectivity index (χ2v) is 6.68. The first-order chi connectivity index (χ1) is 11.1. The van der Waals surface area contributed by atoms with E-state index in [4.69, 9.17) is 9.47 Å². The molecule has 0 bridgehead atoms. The monoisotopic (exact) mass is 337 g/mol. The van der Waals surface area contributed by atoms with Crippen LogP contribution in [-0.4, -0.2) is 35.4 Å². The molecule has 0 saturated carbocycles. The Morgan fingerprint density at radius 2 is 1.96 bits per heavy atom. The Balaban J connectivity index is 2.78. The van der Waals surface area contributed by atoms with E-state index in [1.165, 1.54) is 0 Å². The lowest BCUT2D eigenvalue weighted by molar-refractivity contribution is -0.139. The molecule has 0 saturated heterocycles. The Hall–Kier alpha value is -2.24. The van der Waals surface area contributed by atoms with Crippen LogP contribution in [0.25, 0.3) is 0 Å². The number of carbonyl (C=O) groups is 2. The summed E-state index contributed by atoms with van der Waals surface area (Å²) in [6.45, 7) is 9.73. The molecular weight excluding hydrogens is 310 g/mol. The van der Waals surface area contributed by atoms with Crippen molar-refractivity contribution in [2.24, 2.45) is 0 Å². The van der Waals surface area contributed by atoms with Gasteiger partial charge in [-0.3, -0.25) is 0 Å². The van der Waals surface area contributed by atoms with E-state index < -0.39 is 23.7 Å². The number of ether oxygens (including phenoxy) is 2. The average Bonchev–Trinajstić information content (AvgIpc) is 2.44. The maximum absolute atomic E-state index is 11.8. The number of aryl methyl sites for hydroxylation is 1. The Kier molecular flexibility index (Phi) is 7.07. The van der Waals surface area contributed by atoms with Crippen LogP contribution in [0.2, 0.25) is 0 Å². The molecule has 1 unspecified atom stereocenters. The lowest BCUT2D eigenvalue weighted by atomic mass is 10.0. The summed E-state index contributed by atoms with van der Waals surface area (Å²) in [4.78, 5) is 23.2. The smallest absolute Gasteiger partial charge is 0.408 e. The van der Waals surface area contributed by atoms with Gasteiger partial charge in [0.1, 0.15) is 17.4 Å². The molecular formula is C18H27NO5. The fourth-order valence-electron chi connectivity index (χ4n) is 2.08. The standard InChI is InChI=1S/C18H27NO5/c1-6-9-23-14-8-7-13(12(2)10-14)11-15(16(20)21)19-17(22)24-18(3,4)5/h7-8,10,15H,6,9,11H2,1-5H3,(H,19,22)(H,20,21). The van der Waals surface area contributed by atoms with Gasteiger partial charge in [-0.1, -0.05) is 13.0 Å². The van der Waals surface area contributed by atoms with E-state index in [0.29, 0.717) is 6.61 Å². The minimum atomic E-state index is -1.11. The van der Waals surface area contributed by atoms with E-state index in [2.05, 4.69) is 5.32 Å². The van der Waals surface area contributed by atoms with Crippen molar-refractivity contribution in [2.45, 2.75) is 59.1 Å². The minimum Gasteiger partial charge on any atom is -0.494 e. The molecule has 2 N–H and O–H groups in total. The lowest BCUT2D eigenvalue weighted by Crippen LogP contribution is -2.44. The van der Waals surface area contributed by atoms with Crippen LogP contribution >= 0.6 is 0 Å². The summed E-state index contributed by atoms with van der Waals surface area (Å²) in [5.74, 6) is -0.350. The zero-order valence-corrected chi connectivity index (χ0v) is 15.0. The lowest BCUT2D eigenvalue weighted by Gasteiger charge is -2.22. The molecule has 0 radical (unpaired) electrons. The molecule has 0 heterocycles. The zero-order chi connectivity index (χ0) is 18.3. The van der Waals surface area contributed by atoms with Crippen LogP contribution in [0.5, 0.6) is 5.75 Å². The van der Waals surface area contributed by atoms with Gasteiger partial charge in [-0.25, -0.2) is 9.59 Å². The van der Waals surface area contributed by atoms with Crippen molar-refractivity contribution in [1.82, 2.24) is 5.32 Å². The normalized spacial score (nSPS) is 12.4. The fourth-order valence-corrected chi connectivity index (χ4v) is 2.08. The van der Waals surface area contributed by atoms with Crippen LogP contribution in [0.1, 0.15) is 45.2 Å². The number of carboxylic acids is 1. The summed E-state index contributed by atoms with van der Waals surface area (Å²) < 4.78 is 10.7. The van der Waals surface area contributed by atoms with E-state index in [0.717, 1.165) is 23.3 Å². The highest BCUT2D eigenvalue weighted by atomic mass is 16.6. The molecule has 1 aromatic rings. The van der Waals surface area contributed by atoms with Gasteiger partial charge in [0, 0.05) is 6.42 Å². The Morgan fingerprint density at radius 3 is 2.46 bits per heavy atom. The van der Waals surface area contributed by atoms with E-state index in [-0.39, 0.29) is 6.42 Å². The summed E-state index contributed by atoms with van der Waals surface area (Å²) in [6, 6.07) is 4.45. The summed E-state index contributed by atoms with van der Waals surface area (Å²) in [7, 11) is 0. The summed E-state index contributed by atoms with van der Waals surface area (Å²) in [6.07, 6.45) is 0.353. The van der Waals surface area contributed by atoms with E-state index >= 15 is 0 Å². The zero-order valence-electron chi connectivity index (χ0n) is 15.0. The molecule has 0 aliphatic heterocycles. The van der Waals surface area contributed by atoms with E-state index in [1.54, 1.807) is 20.8 Å². The first-order valence-electron chi connectivity index (χ1n) is 8.07. The van der Waals surface area contributed by atoms with E-state index in [9.17, 15) is 14.7 Å². The number of aliphatic carboxylic acids is 1. The van der Waals surface area contributed by atoms with Crippen LogP contribution in [0.4, 0.5) is 4.79 Å². The number of nitrogens with one attached hydrogen (secondary N) is 1. The van der Waals surface area contributed by atoms with Crippen molar-refractivity contribution in [3.8, 4) is 5.75 Å². The first-order valence-corrected chi connectivity index (χ1v) is 8.07. The molecule has 1 rings (SSSR count). The van der Waals surface area contributed by atoms with Crippen molar-refractivity contribution in [3.63, 3.8) is 0 Å². The largest absolute Gasteiger partial charge is 0.494 e. The molecule has 0 aromatic heterocycles. The first kappa shape index (κ1) is 19.8. The second kappa shape index (κ2) is 8.57. The van der Waals surface area contributed by atoms with Crippen molar-refractivity contribution in [3.05, 3.63) is 29.3 Å². The van der Waals surface area contributed by atoms with Crippen molar-refractivity contribution >= 4 is 12.1 Å². The fraction of sp³-hybridized carbons (Fsp3) is 0.556. The number of benzene rings is 1. The van der Waals surface area contributed by atoms with Crippen LogP contribution in [-0.2, 0) is 16.0 Å². The van der Waals surface area contributed by atoms with Crippen LogP contribution < -0.4 is 10.1 Å². The summed E-state index contributed by atoms with van der Waals surface area (Å²) >= 11 is 0. The van der Waals surface area contributed by atoms with Crippen molar-refractivity contribution in [2.75, 3.05) is 6.61 Å². The predicted molar refractivity (Wildman–Crippen MR) is 91.5 cm³/mol. The van der Waals surface area contributed by atoms with Gasteiger partial charge in [0.2, 0.25) is 0 Å². The Labute approximate surface area is 143 Å². The maximum atomic E-state index is 11.8. The van der Waals surface area contributed by atoms with Crippen molar-refractivity contribution in [1.29, 1.82) is 0 Å². The Bertz CT molecular complexity index is 577. The highest BCUT2D eigenvalue weighted by Gasteiger charge is 2.24. The summed E-state index contributed by atoms with van der Waals surface area (Å²) in [5, 5.41) is 11.8. The van der Waals surface area contributed by atoms with Crippen LogP contribution in [0, 0.1) is 6.92 Å². The van der Waals surface area contributed by atoms with Gasteiger partial charge in [0.25, 0.3) is 0 Å². The van der Waals surface area contributed by atoms with Gasteiger partial charge < -0.3 is 19.9 Å². The van der Waals surface area contributed by atoms with Gasteiger partial charge in [-0.2, -0.15) is 0 Å². The van der Waals surface area contributed by atoms with E-state index in [1.807, 2.05) is 32.0 Å². The van der Waals surface area contributed by atoms with Gasteiger partial charge >= 0.3 is 12.1 Å². The molecule has 0 aliphatic carbocycles. The third kappa shape index (κ3) is 6.89. The highest BCUT2D eigenvalue weighted by Crippen LogP contribution is 2.19. The molecule has 6 heteroatoms. The average molecular weight is 337 g/mol. The molecule has 0 aliphatic rings. The van der Waals surface area contributed by atoms with Crippen molar-refractivity contribution < 1.29 is 24.2 Å². The number of carbonyl (C=O) groups excluding carboxylic acids is 1. The third-order valence-electron chi connectivity index (χ3n) is 3.20. The number of hydrogen-bond donors (Lipinski definition) is 2. The molecule has 0 spiro atoms. The van der Waals surface area contributed by atoms with Gasteiger partial charge in [0.15, 0.2) is 0 Å². The van der Waals surface area contributed by atoms with Crippen LogP contribution in [0.15, 0.2) is 18.2 Å². The maximum Gasteiger partial charge on any atom is 0.408 e. The van der Waals surface area contributed by atoms with Gasteiger partial charge in [0.05, 0.1) is 6.61 Å². The number of carboxylic acid groups (broad SMARTS) is 1. The molecule has 0 fully saturated rings. The molecule has 134 valence electrons. The Morgan fingerprint density at radius 1 is 1.29 bits per heavy atom. The topological polar surface area (TPSA) is 84.9 Å². The predicted octanol–water partition coefficient (Wildman–Crippen LogP) is 3.30. The molecule has 24 heavy (non-hydrogen) atoms. The van der Waals surface area contributed by atoms with Crippen LogP contribution in [0.3, 0.4) is 0 Å². The quantitative estimate of drug-likeness (QED) is 0.797. The number of hydrogen-bond acceptors (Lipinski definition) is 4. The molecule has 1 aromatic carbocycles. The number of amides is 1. The molecule has 6 nitrogen and oxygen atoms in total. The highest BCUT2D eigenvalue weighted by molar-refractivity contribution is 5.80. The summed E-state index contributed by atoms with van der Waals surface area (Å²) in [5.41, 5.74) is 1.07. The van der Waals surface area contributed by atoms with Gasteiger partial charge in [-0.15, -0.1) is 0 Å². The van der Waals surface area contributed by atoms with Gasteiger partial charge in [-0.05, 0) is 57.4 Å². The third-order valence-corrected chi connectivity index (χ3v) is 3.20. The second-order valence-electron chi connectivity index (χ2n) is 6.68. The molecule has 1 amide bonds.